The van der Waals surface area contributed by atoms with Gasteiger partial charge in [0.2, 0.25) is 5.95 Å². The number of carbonyl (C=O) groups is 1. The summed E-state index contributed by atoms with van der Waals surface area (Å²) in [4.78, 5) is 25.4. The summed E-state index contributed by atoms with van der Waals surface area (Å²) in [6.45, 7) is 7.00. The second-order valence-electron chi connectivity index (χ2n) is 6.56. The van der Waals surface area contributed by atoms with E-state index in [4.69, 9.17) is 9.47 Å². The molecule has 1 amide bonds. The van der Waals surface area contributed by atoms with Gasteiger partial charge in [-0.2, -0.15) is 0 Å². The largest absolute Gasteiger partial charge is 0.493 e. The first kappa shape index (κ1) is 19.9. The van der Waals surface area contributed by atoms with Crippen molar-refractivity contribution in [3.63, 3.8) is 0 Å². The van der Waals surface area contributed by atoms with Gasteiger partial charge in [-0.3, -0.25) is 4.79 Å². The first-order chi connectivity index (χ1) is 13.6. The number of carbonyl (C=O) groups excluding carboxylic acids is 1. The zero-order valence-corrected chi connectivity index (χ0v) is 16.6. The molecular formula is C20H27N5O3. The highest BCUT2D eigenvalue weighted by molar-refractivity contribution is 5.93. The van der Waals surface area contributed by atoms with Crippen molar-refractivity contribution in [2.24, 2.45) is 0 Å². The Morgan fingerprint density at radius 1 is 1.07 bits per heavy atom. The third-order valence-corrected chi connectivity index (χ3v) is 4.90. The molecule has 1 fully saturated rings. The fraction of sp³-hybridized carbons (Fsp3) is 0.450. The van der Waals surface area contributed by atoms with Gasteiger partial charge in [0.15, 0.2) is 11.5 Å². The van der Waals surface area contributed by atoms with Gasteiger partial charge in [-0.25, -0.2) is 9.97 Å². The van der Waals surface area contributed by atoms with Crippen molar-refractivity contribution in [2.75, 3.05) is 52.3 Å². The summed E-state index contributed by atoms with van der Waals surface area (Å²) in [6, 6.07) is 5.71. The number of methoxy groups -OCH3 is 2. The van der Waals surface area contributed by atoms with Crippen molar-refractivity contribution in [1.29, 1.82) is 0 Å². The average Bonchev–Trinajstić information content (AvgIpc) is 2.77. The first-order valence-corrected chi connectivity index (χ1v) is 9.43. The van der Waals surface area contributed by atoms with Crippen molar-refractivity contribution in [1.82, 2.24) is 19.8 Å². The maximum absolute atomic E-state index is 12.6. The van der Waals surface area contributed by atoms with Gasteiger partial charge in [0.1, 0.15) is 0 Å². The number of benzene rings is 1. The van der Waals surface area contributed by atoms with Crippen LogP contribution in [0.2, 0.25) is 0 Å². The second kappa shape index (κ2) is 9.36. The Labute approximate surface area is 165 Å². The molecule has 8 heteroatoms. The molecule has 3 rings (SSSR count). The van der Waals surface area contributed by atoms with Gasteiger partial charge in [-0.05, 0) is 24.2 Å². The van der Waals surface area contributed by atoms with Crippen LogP contribution in [0.25, 0.3) is 0 Å². The number of amides is 1. The van der Waals surface area contributed by atoms with E-state index in [1.165, 1.54) is 0 Å². The molecule has 1 N–H and O–H groups in total. The molecule has 0 spiro atoms. The van der Waals surface area contributed by atoms with Crippen LogP contribution in [0, 0.1) is 0 Å². The fourth-order valence-electron chi connectivity index (χ4n) is 3.15. The van der Waals surface area contributed by atoms with Gasteiger partial charge in [-0.1, -0.05) is 13.0 Å². The van der Waals surface area contributed by atoms with Crippen LogP contribution in [-0.2, 0) is 6.54 Å². The molecule has 0 unspecified atom stereocenters. The monoisotopic (exact) mass is 385 g/mol. The lowest BCUT2D eigenvalue weighted by molar-refractivity contribution is 0.0642. The summed E-state index contributed by atoms with van der Waals surface area (Å²) in [5.74, 6) is 1.82. The van der Waals surface area contributed by atoms with E-state index in [1.54, 1.807) is 26.6 Å². The number of rotatable bonds is 7. The summed E-state index contributed by atoms with van der Waals surface area (Å²) in [5, 5.41) is 3.16. The quantitative estimate of drug-likeness (QED) is 0.779. The molecule has 1 aliphatic heterocycles. The van der Waals surface area contributed by atoms with Crippen LogP contribution in [0.5, 0.6) is 11.5 Å². The molecule has 0 aliphatic carbocycles. The van der Waals surface area contributed by atoms with Crippen LogP contribution in [0.1, 0.15) is 22.8 Å². The summed E-state index contributed by atoms with van der Waals surface area (Å²) < 4.78 is 10.6. The van der Waals surface area contributed by atoms with Gasteiger partial charge in [-0.15, -0.1) is 0 Å². The minimum atomic E-state index is -0.0119. The Morgan fingerprint density at radius 2 is 1.75 bits per heavy atom. The molecule has 8 nitrogen and oxygen atoms in total. The zero-order valence-electron chi connectivity index (χ0n) is 16.6. The predicted molar refractivity (Wildman–Crippen MR) is 107 cm³/mol. The number of nitrogens with one attached hydrogen (secondary N) is 1. The zero-order chi connectivity index (χ0) is 19.9. The van der Waals surface area contributed by atoms with E-state index in [1.807, 2.05) is 23.1 Å². The predicted octanol–water partition coefficient (Wildman–Crippen LogP) is 1.88. The van der Waals surface area contributed by atoms with Crippen LogP contribution >= 0.6 is 0 Å². The summed E-state index contributed by atoms with van der Waals surface area (Å²) in [5.41, 5.74) is 1.52. The van der Waals surface area contributed by atoms with Crippen LogP contribution in [0.3, 0.4) is 0 Å². The van der Waals surface area contributed by atoms with Crippen LogP contribution in [0.15, 0.2) is 30.6 Å². The number of nitrogens with zero attached hydrogens (tertiary/aromatic N) is 4. The highest BCUT2D eigenvalue weighted by atomic mass is 16.5. The Morgan fingerprint density at radius 3 is 2.36 bits per heavy atom. The minimum Gasteiger partial charge on any atom is -0.493 e. The molecule has 1 aromatic heterocycles. The fourth-order valence-corrected chi connectivity index (χ4v) is 3.15. The lowest BCUT2D eigenvalue weighted by Crippen LogP contribution is -2.48. The topological polar surface area (TPSA) is 79.8 Å². The molecule has 0 radical (unpaired) electrons. The lowest BCUT2D eigenvalue weighted by atomic mass is 10.2. The normalized spacial score (nSPS) is 14.6. The Bertz CT molecular complexity index is 789. The van der Waals surface area contributed by atoms with E-state index < -0.39 is 0 Å². The number of hydrogen-bond acceptors (Lipinski definition) is 7. The summed E-state index contributed by atoms with van der Waals surface area (Å²) in [7, 11) is 3.21. The Kier molecular flexibility index (Phi) is 6.65. The van der Waals surface area contributed by atoms with Crippen molar-refractivity contribution in [3.05, 3.63) is 41.7 Å². The Balaban J connectivity index is 1.56. The molecule has 1 saturated heterocycles. The number of likely N-dealkylation sites (N-methyl/N-ethyl adjacent to an activating group) is 1. The van der Waals surface area contributed by atoms with Crippen molar-refractivity contribution in [2.45, 2.75) is 13.5 Å². The molecule has 2 aromatic rings. The molecule has 2 heterocycles. The van der Waals surface area contributed by atoms with E-state index in [0.29, 0.717) is 29.6 Å². The van der Waals surface area contributed by atoms with E-state index in [2.05, 4.69) is 27.1 Å². The lowest BCUT2D eigenvalue weighted by Gasteiger charge is -2.33. The van der Waals surface area contributed by atoms with E-state index in [9.17, 15) is 4.79 Å². The van der Waals surface area contributed by atoms with E-state index >= 15 is 0 Å². The molecular weight excluding hydrogens is 358 g/mol. The smallest absolute Gasteiger partial charge is 0.257 e. The third-order valence-electron chi connectivity index (χ3n) is 4.90. The summed E-state index contributed by atoms with van der Waals surface area (Å²) in [6.07, 6.45) is 3.16. The third kappa shape index (κ3) is 4.69. The molecule has 150 valence electrons. The number of ether oxygens (including phenoxy) is 2. The number of piperazine rings is 1. The van der Waals surface area contributed by atoms with E-state index in [-0.39, 0.29) is 5.91 Å². The first-order valence-electron chi connectivity index (χ1n) is 9.43. The van der Waals surface area contributed by atoms with Crippen molar-refractivity contribution in [3.8, 4) is 11.5 Å². The number of aromatic nitrogens is 2. The van der Waals surface area contributed by atoms with E-state index in [0.717, 1.165) is 38.3 Å². The second-order valence-corrected chi connectivity index (χ2v) is 6.56. The van der Waals surface area contributed by atoms with Crippen molar-refractivity contribution >= 4 is 11.9 Å². The van der Waals surface area contributed by atoms with Gasteiger partial charge < -0.3 is 24.6 Å². The summed E-state index contributed by atoms with van der Waals surface area (Å²) >= 11 is 0. The molecule has 0 atom stereocenters. The number of anilines is 1. The average molecular weight is 385 g/mol. The molecule has 1 aliphatic rings. The standard InChI is InChI=1S/C20H27N5O3/c1-4-24-7-9-25(10-8-24)19(26)16-13-22-20(23-14-16)21-12-15-5-6-17(27-2)18(11-15)28-3/h5-6,11,13-14H,4,7-10,12H2,1-3H3,(H,21,22,23). The molecule has 28 heavy (non-hydrogen) atoms. The highest BCUT2D eigenvalue weighted by Gasteiger charge is 2.21. The molecule has 0 bridgehead atoms. The van der Waals surface area contributed by atoms with Crippen molar-refractivity contribution < 1.29 is 14.3 Å². The maximum Gasteiger partial charge on any atom is 0.257 e. The van der Waals surface area contributed by atoms with Crippen LogP contribution in [-0.4, -0.2) is 72.6 Å². The van der Waals surface area contributed by atoms with Gasteiger partial charge in [0.05, 0.1) is 19.8 Å². The Hall–Kier alpha value is -2.87. The highest BCUT2D eigenvalue weighted by Crippen LogP contribution is 2.27. The maximum atomic E-state index is 12.6. The van der Waals surface area contributed by atoms with Gasteiger partial charge in [0.25, 0.3) is 5.91 Å². The molecule has 0 saturated carbocycles. The minimum absolute atomic E-state index is 0.0119. The molecule has 1 aromatic carbocycles. The van der Waals surface area contributed by atoms with Gasteiger partial charge in [0, 0.05) is 45.1 Å². The number of hydrogen-bond donors (Lipinski definition) is 1. The van der Waals surface area contributed by atoms with Crippen LogP contribution in [0.4, 0.5) is 5.95 Å². The van der Waals surface area contributed by atoms with Gasteiger partial charge >= 0.3 is 0 Å². The SMILES string of the molecule is CCN1CCN(C(=O)c2cnc(NCc3ccc(OC)c(OC)c3)nc2)CC1. The van der Waals surface area contributed by atoms with Crippen LogP contribution < -0.4 is 14.8 Å².